The zero-order valence-electron chi connectivity index (χ0n) is 11.6. The van der Waals surface area contributed by atoms with Gasteiger partial charge in [-0.2, -0.15) is 4.31 Å². The quantitative estimate of drug-likeness (QED) is 0.887. The minimum atomic E-state index is -3.62. The molecule has 112 valence electrons. The summed E-state index contributed by atoms with van der Waals surface area (Å²) in [5, 5.41) is 9.18. The topological polar surface area (TPSA) is 92.5 Å². The molecule has 1 aliphatic heterocycles. The van der Waals surface area contributed by atoms with Crippen molar-refractivity contribution in [1.29, 1.82) is 0 Å². The predicted octanol–water partition coefficient (Wildman–Crippen LogP) is 0.778. The Labute approximate surface area is 118 Å². The number of aromatic nitrogens is 2. The summed E-state index contributed by atoms with van der Waals surface area (Å²) >= 11 is 0. The second-order valence-electron chi connectivity index (χ2n) is 5.31. The summed E-state index contributed by atoms with van der Waals surface area (Å²) in [4.78, 5) is 15.1. The molecule has 1 N–H and O–H groups in total. The first kappa shape index (κ1) is 15.0. The van der Waals surface area contributed by atoms with Crippen LogP contribution in [0.1, 0.15) is 26.7 Å². The smallest absolute Gasteiger partial charge is 0.309 e. The lowest BCUT2D eigenvalue weighted by Gasteiger charge is -2.35. The molecule has 2 heterocycles. The fourth-order valence-corrected chi connectivity index (χ4v) is 3.59. The van der Waals surface area contributed by atoms with Gasteiger partial charge in [-0.3, -0.25) is 4.79 Å². The summed E-state index contributed by atoms with van der Waals surface area (Å²) in [7, 11) is -3.62. The third-order valence-corrected chi connectivity index (χ3v) is 5.71. The van der Waals surface area contributed by atoms with Crippen LogP contribution in [0.15, 0.2) is 17.6 Å². The van der Waals surface area contributed by atoms with E-state index in [1.54, 1.807) is 11.5 Å². The molecule has 1 aromatic heterocycles. The van der Waals surface area contributed by atoms with Crippen molar-refractivity contribution in [3.8, 4) is 0 Å². The van der Waals surface area contributed by atoms with Crippen molar-refractivity contribution in [3.63, 3.8) is 0 Å². The lowest BCUT2D eigenvalue weighted by atomic mass is 9.81. The van der Waals surface area contributed by atoms with Crippen LogP contribution in [0, 0.1) is 5.41 Å². The molecule has 0 bridgehead atoms. The standard InChI is InChI=1S/C12H19N3O4S/c1-3-14-8-10(13-9-14)20(18,19)15-6-4-12(2,5-7-15)11(16)17/h8-9H,3-7H2,1-2H3,(H,16,17). The SMILES string of the molecule is CCn1cnc(S(=O)(=O)N2CCC(C)(C(=O)O)CC2)c1. The van der Waals surface area contributed by atoms with Crippen molar-refractivity contribution in [2.24, 2.45) is 5.41 Å². The summed E-state index contributed by atoms with van der Waals surface area (Å²) < 4.78 is 27.8. The summed E-state index contributed by atoms with van der Waals surface area (Å²) in [6.07, 6.45) is 3.62. The molecule has 0 atom stereocenters. The average Bonchev–Trinajstić information content (AvgIpc) is 2.88. The number of hydrogen-bond acceptors (Lipinski definition) is 4. The molecule has 7 nitrogen and oxygen atoms in total. The lowest BCUT2D eigenvalue weighted by Crippen LogP contribution is -2.45. The number of hydrogen-bond donors (Lipinski definition) is 1. The Kier molecular flexibility index (Phi) is 3.88. The monoisotopic (exact) mass is 301 g/mol. The molecular weight excluding hydrogens is 282 g/mol. The zero-order chi connectivity index (χ0) is 15.0. The lowest BCUT2D eigenvalue weighted by molar-refractivity contribution is -0.150. The Morgan fingerprint density at radius 2 is 2.05 bits per heavy atom. The molecule has 0 unspecified atom stereocenters. The molecule has 0 aromatic carbocycles. The molecule has 1 aliphatic rings. The van der Waals surface area contributed by atoms with Gasteiger partial charge < -0.3 is 9.67 Å². The van der Waals surface area contributed by atoms with E-state index in [1.165, 1.54) is 16.8 Å². The van der Waals surface area contributed by atoms with Crippen LogP contribution in [-0.4, -0.2) is 46.4 Å². The van der Waals surface area contributed by atoms with E-state index in [9.17, 15) is 13.2 Å². The molecule has 1 fully saturated rings. The normalized spacial score (nSPS) is 19.9. The minimum Gasteiger partial charge on any atom is -0.481 e. The molecule has 0 amide bonds. The Morgan fingerprint density at radius 1 is 1.45 bits per heavy atom. The van der Waals surface area contributed by atoms with Crippen molar-refractivity contribution in [2.45, 2.75) is 38.3 Å². The number of aliphatic carboxylic acids is 1. The molecule has 1 saturated heterocycles. The molecule has 0 spiro atoms. The predicted molar refractivity (Wildman–Crippen MR) is 71.6 cm³/mol. The van der Waals surface area contributed by atoms with Crippen molar-refractivity contribution in [1.82, 2.24) is 13.9 Å². The van der Waals surface area contributed by atoms with Gasteiger partial charge in [0.1, 0.15) is 0 Å². The van der Waals surface area contributed by atoms with Crippen LogP contribution in [0.25, 0.3) is 0 Å². The number of sulfonamides is 1. The van der Waals surface area contributed by atoms with Crippen LogP contribution in [-0.2, 0) is 21.4 Å². The van der Waals surface area contributed by atoms with Gasteiger partial charge in [0.25, 0.3) is 10.0 Å². The molecule has 8 heteroatoms. The highest BCUT2D eigenvalue weighted by Gasteiger charge is 2.40. The van der Waals surface area contributed by atoms with E-state index in [0.29, 0.717) is 19.4 Å². The number of carbonyl (C=O) groups is 1. The van der Waals surface area contributed by atoms with E-state index in [4.69, 9.17) is 5.11 Å². The van der Waals surface area contributed by atoms with Gasteiger partial charge in [0.05, 0.1) is 11.7 Å². The van der Waals surface area contributed by atoms with Gasteiger partial charge in [-0.05, 0) is 26.7 Å². The summed E-state index contributed by atoms with van der Waals surface area (Å²) in [5.74, 6) is -0.871. The molecule has 2 rings (SSSR count). The summed E-state index contributed by atoms with van der Waals surface area (Å²) in [6.45, 7) is 4.64. The van der Waals surface area contributed by atoms with Gasteiger partial charge in [0, 0.05) is 25.8 Å². The summed E-state index contributed by atoms with van der Waals surface area (Å²) in [5.41, 5.74) is -0.838. The van der Waals surface area contributed by atoms with Crippen molar-refractivity contribution >= 4 is 16.0 Å². The first-order valence-electron chi connectivity index (χ1n) is 6.55. The summed E-state index contributed by atoms with van der Waals surface area (Å²) in [6, 6.07) is 0. The van der Waals surface area contributed by atoms with E-state index in [0.717, 1.165) is 0 Å². The number of piperidine rings is 1. The first-order chi connectivity index (χ1) is 9.29. The Balaban J connectivity index is 2.15. The molecule has 1 aromatic rings. The van der Waals surface area contributed by atoms with Gasteiger partial charge in [-0.25, -0.2) is 13.4 Å². The number of imidazole rings is 1. The Hall–Kier alpha value is -1.41. The van der Waals surface area contributed by atoms with Crippen LogP contribution in [0.2, 0.25) is 0 Å². The number of carboxylic acid groups (broad SMARTS) is 1. The van der Waals surface area contributed by atoms with Crippen LogP contribution in [0.4, 0.5) is 0 Å². The first-order valence-corrected chi connectivity index (χ1v) is 7.99. The van der Waals surface area contributed by atoms with Crippen LogP contribution >= 0.6 is 0 Å². The zero-order valence-corrected chi connectivity index (χ0v) is 12.4. The van der Waals surface area contributed by atoms with E-state index in [1.807, 2.05) is 6.92 Å². The van der Waals surface area contributed by atoms with Crippen LogP contribution in [0.5, 0.6) is 0 Å². The number of nitrogens with zero attached hydrogens (tertiary/aromatic N) is 3. The minimum absolute atomic E-state index is 0.0262. The molecule has 20 heavy (non-hydrogen) atoms. The molecule has 0 saturated carbocycles. The van der Waals surface area contributed by atoms with E-state index in [-0.39, 0.29) is 18.1 Å². The van der Waals surface area contributed by atoms with Gasteiger partial charge in [0.15, 0.2) is 5.03 Å². The Bertz CT molecular complexity index is 600. The van der Waals surface area contributed by atoms with Gasteiger partial charge >= 0.3 is 5.97 Å². The highest BCUT2D eigenvalue weighted by Crippen LogP contribution is 2.33. The van der Waals surface area contributed by atoms with Crippen LogP contribution in [0.3, 0.4) is 0 Å². The van der Waals surface area contributed by atoms with E-state index < -0.39 is 21.4 Å². The third-order valence-electron chi connectivity index (χ3n) is 3.92. The molecule has 0 radical (unpaired) electrons. The van der Waals surface area contributed by atoms with Crippen LogP contribution < -0.4 is 0 Å². The third kappa shape index (κ3) is 2.57. The molecule has 0 aliphatic carbocycles. The number of aryl methyl sites for hydroxylation is 1. The number of rotatable bonds is 4. The highest BCUT2D eigenvalue weighted by atomic mass is 32.2. The van der Waals surface area contributed by atoms with Gasteiger partial charge in [-0.1, -0.05) is 0 Å². The van der Waals surface area contributed by atoms with Gasteiger partial charge in [0.2, 0.25) is 0 Å². The van der Waals surface area contributed by atoms with Crippen molar-refractivity contribution in [2.75, 3.05) is 13.1 Å². The second kappa shape index (κ2) is 5.17. The van der Waals surface area contributed by atoms with Crippen molar-refractivity contribution in [3.05, 3.63) is 12.5 Å². The second-order valence-corrected chi connectivity index (χ2v) is 7.20. The molecular formula is C12H19N3O4S. The average molecular weight is 301 g/mol. The maximum Gasteiger partial charge on any atom is 0.309 e. The number of carboxylic acids is 1. The largest absolute Gasteiger partial charge is 0.481 e. The maximum atomic E-state index is 12.4. The van der Waals surface area contributed by atoms with E-state index >= 15 is 0 Å². The maximum absolute atomic E-state index is 12.4. The highest BCUT2D eigenvalue weighted by molar-refractivity contribution is 7.89. The van der Waals surface area contributed by atoms with Gasteiger partial charge in [-0.15, -0.1) is 0 Å². The fourth-order valence-electron chi connectivity index (χ4n) is 2.21. The Morgan fingerprint density at radius 3 is 2.50 bits per heavy atom. The van der Waals surface area contributed by atoms with Crippen molar-refractivity contribution < 1.29 is 18.3 Å². The van der Waals surface area contributed by atoms with E-state index in [2.05, 4.69) is 4.98 Å². The fraction of sp³-hybridized carbons (Fsp3) is 0.667.